The molecule has 0 aliphatic rings. The van der Waals surface area contributed by atoms with E-state index in [2.05, 4.69) is 21.2 Å². The number of anilines is 1. The summed E-state index contributed by atoms with van der Waals surface area (Å²) in [7, 11) is 0. The molecule has 3 aromatic rings. The van der Waals surface area contributed by atoms with Gasteiger partial charge in [0, 0.05) is 20.2 Å². The molecule has 1 N–H and O–H groups in total. The minimum atomic E-state index is -0.114. The molecule has 0 radical (unpaired) electrons. The number of thiophene rings is 1. The largest absolute Gasteiger partial charge is 0.494 e. The highest BCUT2D eigenvalue weighted by Gasteiger charge is 2.16. The zero-order valence-electron chi connectivity index (χ0n) is 11.9. The molecule has 0 spiro atoms. The van der Waals surface area contributed by atoms with E-state index in [1.165, 1.54) is 11.3 Å². The van der Waals surface area contributed by atoms with Crippen LogP contribution in [0, 0.1) is 0 Å². The van der Waals surface area contributed by atoms with Gasteiger partial charge in [0.1, 0.15) is 10.6 Å². The maximum Gasteiger partial charge on any atom is 0.266 e. The predicted molar refractivity (Wildman–Crippen MR) is 95.1 cm³/mol. The summed E-state index contributed by atoms with van der Waals surface area (Å²) in [6.07, 6.45) is 0. The summed E-state index contributed by atoms with van der Waals surface area (Å²) in [6.45, 7) is 2.56. The van der Waals surface area contributed by atoms with Crippen LogP contribution in [0.2, 0.25) is 0 Å². The molecular formula is C17H14BrNO2S. The fourth-order valence-corrected chi connectivity index (χ4v) is 4.04. The molecule has 112 valence electrons. The third-order valence-corrected chi connectivity index (χ3v) is 5.42. The maximum absolute atomic E-state index is 12.5. The first-order valence-electron chi connectivity index (χ1n) is 6.90. The van der Waals surface area contributed by atoms with E-state index in [4.69, 9.17) is 4.74 Å². The summed E-state index contributed by atoms with van der Waals surface area (Å²) in [5, 5.41) is 3.97. The lowest BCUT2D eigenvalue weighted by molar-refractivity contribution is 0.103. The second-order valence-electron chi connectivity index (χ2n) is 4.65. The van der Waals surface area contributed by atoms with E-state index < -0.39 is 0 Å². The van der Waals surface area contributed by atoms with Gasteiger partial charge in [-0.05, 0) is 53.2 Å². The number of benzene rings is 2. The van der Waals surface area contributed by atoms with Gasteiger partial charge in [-0.2, -0.15) is 0 Å². The lowest BCUT2D eigenvalue weighted by Gasteiger charge is -2.06. The summed E-state index contributed by atoms with van der Waals surface area (Å²) in [6, 6.07) is 15.3. The van der Waals surface area contributed by atoms with E-state index >= 15 is 0 Å². The molecule has 0 aliphatic heterocycles. The molecule has 1 heterocycles. The summed E-state index contributed by atoms with van der Waals surface area (Å²) in [5.74, 6) is 0.681. The van der Waals surface area contributed by atoms with Crippen LogP contribution in [0.3, 0.4) is 0 Å². The molecular weight excluding hydrogens is 362 g/mol. The van der Waals surface area contributed by atoms with Gasteiger partial charge in [0.15, 0.2) is 0 Å². The van der Waals surface area contributed by atoms with Gasteiger partial charge >= 0.3 is 0 Å². The average molecular weight is 376 g/mol. The lowest BCUT2D eigenvalue weighted by atomic mass is 10.2. The Bertz CT molecular complexity index is 811. The fraction of sp³-hybridized carbons (Fsp3) is 0.118. The van der Waals surface area contributed by atoms with Crippen molar-refractivity contribution in [3.8, 4) is 5.75 Å². The second kappa shape index (κ2) is 6.50. The topological polar surface area (TPSA) is 38.3 Å². The normalized spacial score (nSPS) is 10.6. The van der Waals surface area contributed by atoms with Gasteiger partial charge in [-0.25, -0.2) is 0 Å². The van der Waals surface area contributed by atoms with Crippen molar-refractivity contribution in [1.82, 2.24) is 0 Å². The van der Waals surface area contributed by atoms with Crippen molar-refractivity contribution < 1.29 is 9.53 Å². The van der Waals surface area contributed by atoms with E-state index in [1.54, 1.807) is 0 Å². The van der Waals surface area contributed by atoms with Crippen molar-refractivity contribution in [2.45, 2.75) is 6.92 Å². The molecule has 22 heavy (non-hydrogen) atoms. The summed E-state index contributed by atoms with van der Waals surface area (Å²) in [5.41, 5.74) is 0.748. The zero-order valence-corrected chi connectivity index (χ0v) is 14.3. The third-order valence-electron chi connectivity index (χ3n) is 3.16. The first-order chi connectivity index (χ1) is 10.7. The molecule has 1 aromatic heterocycles. The summed E-state index contributed by atoms with van der Waals surface area (Å²) >= 11 is 5.01. The molecule has 3 rings (SSSR count). The van der Waals surface area contributed by atoms with Gasteiger partial charge in [-0.3, -0.25) is 4.79 Å². The number of carbonyl (C=O) groups excluding carboxylic acids is 1. The van der Waals surface area contributed by atoms with Crippen molar-refractivity contribution in [3.05, 3.63) is 57.9 Å². The monoisotopic (exact) mass is 375 g/mol. The van der Waals surface area contributed by atoms with E-state index in [0.717, 1.165) is 26.0 Å². The van der Waals surface area contributed by atoms with Crippen LogP contribution in [0.25, 0.3) is 10.1 Å². The van der Waals surface area contributed by atoms with Crippen LogP contribution in [0.4, 0.5) is 5.69 Å². The molecule has 0 fully saturated rings. The Hall–Kier alpha value is -1.85. The van der Waals surface area contributed by atoms with Crippen LogP contribution in [0.15, 0.2) is 53.0 Å². The van der Waals surface area contributed by atoms with Crippen molar-refractivity contribution >= 4 is 48.9 Å². The second-order valence-corrected chi connectivity index (χ2v) is 6.50. The van der Waals surface area contributed by atoms with Crippen LogP contribution in [0.5, 0.6) is 5.75 Å². The van der Waals surface area contributed by atoms with Crippen LogP contribution >= 0.6 is 27.3 Å². The Labute approximate surface area is 141 Å². The molecule has 5 heteroatoms. The van der Waals surface area contributed by atoms with E-state index in [9.17, 15) is 4.79 Å². The number of hydrogen-bond acceptors (Lipinski definition) is 3. The average Bonchev–Trinajstić information content (AvgIpc) is 2.87. The van der Waals surface area contributed by atoms with Crippen molar-refractivity contribution in [3.63, 3.8) is 0 Å². The van der Waals surface area contributed by atoms with E-state index in [0.29, 0.717) is 11.5 Å². The Balaban J connectivity index is 1.82. The van der Waals surface area contributed by atoms with Crippen molar-refractivity contribution in [2.24, 2.45) is 0 Å². The Kier molecular flexibility index (Phi) is 4.45. The van der Waals surface area contributed by atoms with Crippen LogP contribution in [-0.4, -0.2) is 12.5 Å². The fourth-order valence-electron chi connectivity index (χ4n) is 2.15. The smallest absolute Gasteiger partial charge is 0.266 e. The Morgan fingerprint density at radius 2 is 1.91 bits per heavy atom. The van der Waals surface area contributed by atoms with Gasteiger partial charge in [0.2, 0.25) is 0 Å². The predicted octanol–water partition coefficient (Wildman–Crippen LogP) is 5.31. The summed E-state index contributed by atoms with van der Waals surface area (Å²) in [4.78, 5) is 13.1. The molecule has 0 saturated carbocycles. The number of ether oxygens (including phenoxy) is 1. The molecule has 0 atom stereocenters. The van der Waals surface area contributed by atoms with Gasteiger partial charge < -0.3 is 10.1 Å². The standard InChI is InChI=1S/C17H14BrNO2S/c1-2-21-12-9-7-11(8-10-12)19-17(20)16-15(18)13-5-3-4-6-14(13)22-16/h3-10H,2H2,1H3,(H,19,20). The quantitative estimate of drug-likeness (QED) is 0.670. The lowest BCUT2D eigenvalue weighted by Crippen LogP contribution is -2.10. The number of carbonyl (C=O) groups is 1. The zero-order chi connectivity index (χ0) is 15.5. The maximum atomic E-state index is 12.5. The van der Waals surface area contributed by atoms with Crippen molar-refractivity contribution in [2.75, 3.05) is 11.9 Å². The van der Waals surface area contributed by atoms with Gasteiger partial charge in [0.05, 0.1) is 6.61 Å². The van der Waals surface area contributed by atoms with Gasteiger partial charge in [-0.1, -0.05) is 18.2 Å². The SMILES string of the molecule is CCOc1ccc(NC(=O)c2sc3ccccc3c2Br)cc1. The number of amides is 1. The minimum absolute atomic E-state index is 0.114. The van der Waals surface area contributed by atoms with Crippen molar-refractivity contribution in [1.29, 1.82) is 0 Å². The third kappa shape index (κ3) is 3.00. The molecule has 0 saturated heterocycles. The molecule has 0 bridgehead atoms. The van der Waals surface area contributed by atoms with E-state index in [1.807, 2.05) is 55.5 Å². The molecule has 2 aromatic carbocycles. The highest BCUT2D eigenvalue weighted by molar-refractivity contribution is 9.10. The molecule has 0 aliphatic carbocycles. The number of rotatable bonds is 4. The molecule has 1 amide bonds. The number of halogens is 1. The van der Waals surface area contributed by atoms with Gasteiger partial charge in [-0.15, -0.1) is 11.3 Å². The number of hydrogen-bond donors (Lipinski definition) is 1. The number of fused-ring (bicyclic) bond motifs is 1. The Morgan fingerprint density at radius 3 is 2.59 bits per heavy atom. The molecule has 3 nitrogen and oxygen atoms in total. The Morgan fingerprint density at radius 1 is 1.18 bits per heavy atom. The van der Waals surface area contributed by atoms with E-state index in [-0.39, 0.29) is 5.91 Å². The van der Waals surface area contributed by atoms with Crippen LogP contribution in [-0.2, 0) is 0 Å². The number of nitrogens with one attached hydrogen (secondary N) is 1. The molecule has 0 unspecified atom stereocenters. The highest BCUT2D eigenvalue weighted by Crippen LogP contribution is 2.35. The first-order valence-corrected chi connectivity index (χ1v) is 8.51. The van der Waals surface area contributed by atoms with Gasteiger partial charge in [0.25, 0.3) is 5.91 Å². The minimum Gasteiger partial charge on any atom is -0.494 e. The van der Waals surface area contributed by atoms with Crippen LogP contribution in [0.1, 0.15) is 16.6 Å². The highest BCUT2D eigenvalue weighted by atomic mass is 79.9. The first kappa shape index (κ1) is 15.1. The summed E-state index contributed by atoms with van der Waals surface area (Å²) < 4.78 is 7.32. The van der Waals surface area contributed by atoms with Crippen LogP contribution < -0.4 is 10.1 Å².